The first-order chi connectivity index (χ1) is 11.9. The highest BCUT2D eigenvalue weighted by Gasteiger charge is 2.36. The van der Waals surface area contributed by atoms with Crippen molar-refractivity contribution in [2.75, 3.05) is 4.90 Å². The minimum absolute atomic E-state index is 0.120. The predicted molar refractivity (Wildman–Crippen MR) is 101 cm³/mol. The lowest BCUT2D eigenvalue weighted by molar-refractivity contribution is -0.385. The molecule has 25 heavy (non-hydrogen) atoms. The van der Waals surface area contributed by atoms with Gasteiger partial charge in [-0.25, -0.2) is 4.90 Å². The van der Waals surface area contributed by atoms with E-state index in [1.54, 1.807) is 30.3 Å². The van der Waals surface area contributed by atoms with Crippen LogP contribution in [0.3, 0.4) is 0 Å². The van der Waals surface area contributed by atoms with E-state index >= 15 is 0 Å². The van der Waals surface area contributed by atoms with Crippen molar-refractivity contribution < 1.29 is 14.5 Å². The van der Waals surface area contributed by atoms with Gasteiger partial charge in [0.15, 0.2) is 0 Å². The maximum atomic E-state index is 12.5. The Bertz CT molecular complexity index is 930. The number of carbonyl (C=O) groups excluding carboxylic acids is 2. The molecule has 1 fully saturated rings. The summed E-state index contributed by atoms with van der Waals surface area (Å²) in [6.07, 6.45) is 1.46. The van der Waals surface area contributed by atoms with Crippen LogP contribution in [-0.2, 0) is 4.79 Å². The SMILES string of the molecule is O=C1S/C(=C\c2ccc(Br)c([N+](=O)[O-])c2)C(=O)N1c1ccc(Cl)cc1. The number of hydrogen-bond donors (Lipinski definition) is 0. The molecule has 3 rings (SSSR count). The summed E-state index contributed by atoms with van der Waals surface area (Å²) in [5.74, 6) is -0.483. The molecule has 0 aliphatic carbocycles. The van der Waals surface area contributed by atoms with Crippen molar-refractivity contribution in [1.82, 2.24) is 0 Å². The number of halogens is 2. The van der Waals surface area contributed by atoms with Crippen molar-refractivity contribution in [3.05, 3.63) is 72.5 Å². The molecule has 0 unspecified atom stereocenters. The first kappa shape index (κ1) is 17.7. The summed E-state index contributed by atoms with van der Waals surface area (Å²) in [5, 5.41) is 11.1. The maximum absolute atomic E-state index is 12.5. The van der Waals surface area contributed by atoms with Crippen molar-refractivity contribution >= 4 is 67.9 Å². The van der Waals surface area contributed by atoms with Gasteiger partial charge in [0, 0.05) is 11.1 Å². The molecule has 0 radical (unpaired) electrons. The number of nitro groups is 1. The first-order valence-electron chi connectivity index (χ1n) is 6.84. The summed E-state index contributed by atoms with van der Waals surface area (Å²) in [4.78, 5) is 36.4. The summed E-state index contributed by atoms with van der Waals surface area (Å²) >= 11 is 9.70. The number of nitro benzene ring substituents is 1. The summed E-state index contributed by atoms with van der Waals surface area (Å²) < 4.78 is 0.337. The van der Waals surface area contributed by atoms with Gasteiger partial charge in [0.05, 0.1) is 20.0 Å². The largest absolute Gasteiger partial charge is 0.298 e. The fourth-order valence-corrected chi connectivity index (χ4v) is 3.55. The van der Waals surface area contributed by atoms with E-state index in [-0.39, 0.29) is 10.6 Å². The fraction of sp³-hybridized carbons (Fsp3) is 0. The van der Waals surface area contributed by atoms with Crippen molar-refractivity contribution in [2.45, 2.75) is 0 Å². The molecule has 2 aromatic carbocycles. The van der Waals surface area contributed by atoms with Crippen LogP contribution in [0.2, 0.25) is 5.02 Å². The van der Waals surface area contributed by atoms with Crippen molar-refractivity contribution in [2.24, 2.45) is 0 Å². The number of imide groups is 1. The average Bonchev–Trinajstić information content (AvgIpc) is 2.84. The highest BCUT2D eigenvalue weighted by Crippen LogP contribution is 2.36. The highest BCUT2D eigenvalue weighted by molar-refractivity contribution is 9.10. The number of anilines is 1. The standard InChI is InChI=1S/C16H8BrClN2O4S/c17-12-6-1-9(7-13(12)20(23)24)8-14-15(21)19(16(22)25-14)11-4-2-10(18)3-5-11/h1-8H/b14-8-. The molecule has 1 aliphatic rings. The summed E-state index contributed by atoms with van der Waals surface area (Å²) in [6.45, 7) is 0. The number of hydrogen-bond acceptors (Lipinski definition) is 5. The highest BCUT2D eigenvalue weighted by atomic mass is 79.9. The number of thioether (sulfide) groups is 1. The van der Waals surface area contributed by atoms with Crippen LogP contribution in [0.15, 0.2) is 51.8 Å². The van der Waals surface area contributed by atoms with E-state index in [2.05, 4.69) is 15.9 Å². The number of nitrogens with zero attached hydrogens (tertiary/aromatic N) is 2. The Balaban J connectivity index is 1.94. The fourth-order valence-electron chi connectivity index (χ4n) is 2.19. The normalized spacial score (nSPS) is 15.9. The van der Waals surface area contributed by atoms with E-state index in [4.69, 9.17) is 11.6 Å². The molecular weight excluding hydrogens is 432 g/mol. The molecule has 9 heteroatoms. The van der Waals surface area contributed by atoms with E-state index in [9.17, 15) is 19.7 Å². The van der Waals surface area contributed by atoms with E-state index in [1.165, 1.54) is 18.2 Å². The zero-order valence-electron chi connectivity index (χ0n) is 12.3. The van der Waals surface area contributed by atoms with E-state index in [0.29, 0.717) is 20.7 Å². The van der Waals surface area contributed by atoms with Crippen LogP contribution in [0.25, 0.3) is 6.08 Å². The third kappa shape index (κ3) is 3.60. The lowest BCUT2D eigenvalue weighted by atomic mass is 10.2. The topological polar surface area (TPSA) is 80.5 Å². The number of benzene rings is 2. The maximum Gasteiger partial charge on any atom is 0.298 e. The summed E-state index contributed by atoms with van der Waals surface area (Å²) in [7, 11) is 0. The van der Waals surface area contributed by atoms with Gasteiger partial charge in [0.2, 0.25) is 0 Å². The van der Waals surface area contributed by atoms with Gasteiger partial charge in [-0.2, -0.15) is 0 Å². The number of amides is 2. The smallest absolute Gasteiger partial charge is 0.268 e. The molecule has 0 atom stereocenters. The second kappa shape index (κ2) is 6.99. The lowest BCUT2D eigenvalue weighted by Crippen LogP contribution is -2.27. The van der Waals surface area contributed by atoms with Gasteiger partial charge >= 0.3 is 0 Å². The van der Waals surface area contributed by atoms with Crippen LogP contribution in [-0.4, -0.2) is 16.1 Å². The molecule has 0 spiro atoms. The van der Waals surface area contributed by atoms with E-state index in [1.807, 2.05) is 0 Å². The molecule has 0 N–H and O–H groups in total. The molecule has 6 nitrogen and oxygen atoms in total. The molecule has 0 saturated carbocycles. The second-order valence-electron chi connectivity index (χ2n) is 4.96. The Morgan fingerprint density at radius 3 is 2.48 bits per heavy atom. The van der Waals surface area contributed by atoms with Gasteiger partial charge in [-0.3, -0.25) is 19.7 Å². The van der Waals surface area contributed by atoms with Crippen molar-refractivity contribution in [3.8, 4) is 0 Å². The zero-order valence-corrected chi connectivity index (χ0v) is 15.5. The van der Waals surface area contributed by atoms with Gasteiger partial charge in [0.1, 0.15) is 0 Å². The van der Waals surface area contributed by atoms with E-state index in [0.717, 1.165) is 16.7 Å². The summed E-state index contributed by atoms with van der Waals surface area (Å²) in [6, 6.07) is 10.8. The second-order valence-corrected chi connectivity index (χ2v) is 7.25. The Labute approximate surface area is 159 Å². The molecular formula is C16H8BrClN2O4S. The van der Waals surface area contributed by atoms with Crippen LogP contribution in [0.4, 0.5) is 16.2 Å². The minimum atomic E-state index is -0.527. The predicted octanol–water partition coefficient (Wildman–Crippen LogP) is 5.25. The van der Waals surface area contributed by atoms with Gasteiger partial charge in [-0.1, -0.05) is 17.7 Å². The molecule has 126 valence electrons. The molecule has 0 bridgehead atoms. The summed E-state index contributed by atoms with van der Waals surface area (Å²) in [5.41, 5.74) is 0.749. The van der Waals surface area contributed by atoms with Crippen molar-refractivity contribution in [1.29, 1.82) is 0 Å². The average molecular weight is 440 g/mol. The Hall–Kier alpha value is -2.16. The zero-order chi connectivity index (χ0) is 18.1. The molecule has 1 heterocycles. The Morgan fingerprint density at radius 2 is 1.84 bits per heavy atom. The monoisotopic (exact) mass is 438 g/mol. The van der Waals surface area contributed by atoms with Crippen molar-refractivity contribution in [3.63, 3.8) is 0 Å². The Kier molecular flexibility index (Phi) is 4.94. The lowest BCUT2D eigenvalue weighted by Gasteiger charge is -2.12. The molecule has 0 aromatic heterocycles. The van der Waals surface area contributed by atoms with Gasteiger partial charge in [-0.05, 0) is 69.7 Å². The quantitative estimate of drug-likeness (QED) is 0.370. The van der Waals surface area contributed by atoms with Crippen LogP contribution in [0, 0.1) is 10.1 Å². The number of carbonyl (C=O) groups is 2. The van der Waals surface area contributed by atoms with Crippen LogP contribution in [0.5, 0.6) is 0 Å². The first-order valence-corrected chi connectivity index (χ1v) is 8.83. The van der Waals surface area contributed by atoms with E-state index < -0.39 is 16.1 Å². The van der Waals surface area contributed by atoms with Gasteiger partial charge < -0.3 is 0 Å². The molecule has 1 aliphatic heterocycles. The van der Waals surface area contributed by atoms with Crippen LogP contribution < -0.4 is 4.90 Å². The molecule has 2 aromatic rings. The third-order valence-electron chi connectivity index (χ3n) is 3.34. The van der Waals surface area contributed by atoms with Crippen LogP contribution >= 0.6 is 39.3 Å². The van der Waals surface area contributed by atoms with Gasteiger partial charge in [0.25, 0.3) is 16.8 Å². The minimum Gasteiger partial charge on any atom is -0.268 e. The third-order valence-corrected chi connectivity index (χ3v) is 5.14. The molecule has 1 saturated heterocycles. The molecule has 2 amide bonds. The van der Waals surface area contributed by atoms with Crippen LogP contribution in [0.1, 0.15) is 5.56 Å². The number of rotatable bonds is 3. The van der Waals surface area contributed by atoms with Gasteiger partial charge in [-0.15, -0.1) is 0 Å². The Morgan fingerprint density at radius 1 is 1.16 bits per heavy atom.